The maximum Gasteiger partial charge on any atom is 0.0690 e. The van der Waals surface area contributed by atoms with Gasteiger partial charge in [0.15, 0.2) is 0 Å². The first-order valence-electron chi connectivity index (χ1n) is 4.99. The summed E-state index contributed by atoms with van der Waals surface area (Å²) in [4.78, 5) is 0. The van der Waals surface area contributed by atoms with Crippen LogP contribution in [0.3, 0.4) is 0 Å². The quantitative estimate of drug-likeness (QED) is 0.548. The van der Waals surface area contributed by atoms with Gasteiger partial charge >= 0.3 is 0 Å². The van der Waals surface area contributed by atoms with Gasteiger partial charge in [-0.3, -0.25) is 0 Å². The Morgan fingerprint density at radius 2 is 2.25 bits per heavy atom. The van der Waals surface area contributed by atoms with Crippen LogP contribution < -0.4 is 0 Å². The first kappa shape index (κ1) is 8.31. The summed E-state index contributed by atoms with van der Waals surface area (Å²) in [5.74, 6) is 0.716. The molecule has 1 nitrogen and oxygen atoms in total. The second kappa shape index (κ2) is 2.59. The fourth-order valence-corrected chi connectivity index (χ4v) is 2.88. The summed E-state index contributed by atoms with van der Waals surface area (Å²) in [6.07, 6.45) is 5.55. The standard InChI is InChI=1S/C11H18O/c1-8(2)10-7-11(12)5-3-4-9(10)6-11/h9,12H,3-7H2,1-2H3. The van der Waals surface area contributed by atoms with Crippen LogP contribution in [0.5, 0.6) is 0 Å². The molecule has 0 aromatic rings. The Balaban J connectivity index is 2.29. The Morgan fingerprint density at radius 1 is 1.50 bits per heavy atom. The van der Waals surface area contributed by atoms with Crippen molar-refractivity contribution in [3.8, 4) is 0 Å². The van der Waals surface area contributed by atoms with Crippen LogP contribution in [0.1, 0.15) is 46.0 Å². The lowest BCUT2D eigenvalue weighted by Gasteiger charge is -2.26. The molecule has 1 N–H and O–H groups in total. The zero-order valence-electron chi connectivity index (χ0n) is 8.06. The Kier molecular flexibility index (Phi) is 1.80. The highest BCUT2D eigenvalue weighted by atomic mass is 16.3. The monoisotopic (exact) mass is 166 g/mol. The van der Waals surface area contributed by atoms with E-state index in [0.717, 1.165) is 19.3 Å². The van der Waals surface area contributed by atoms with Gasteiger partial charge in [-0.2, -0.15) is 0 Å². The Morgan fingerprint density at radius 3 is 2.83 bits per heavy atom. The molecule has 2 aliphatic carbocycles. The molecule has 2 atom stereocenters. The highest BCUT2D eigenvalue weighted by Gasteiger charge is 2.43. The van der Waals surface area contributed by atoms with E-state index in [2.05, 4.69) is 13.8 Å². The molecule has 2 fully saturated rings. The van der Waals surface area contributed by atoms with Crippen molar-refractivity contribution in [2.24, 2.45) is 5.92 Å². The summed E-state index contributed by atoms with van der Waals surface area (Å²) in [7, 11) is 0. The van der Waals surface area contributed by atoms with E-state index >= 15 is 0 Å². The van der Waals surface area contributed by atoms with Gasteiger partial charge in [0.2, 0.25) is 0 Å². The summed E-state index contributed by atoms with van der Waals surface area (Å²) in [6.45, 7) is 4.36. The van der Waals surface area contributed by atoms with Crippen molar-refractivity contribution in [1.82, 2.24) is 0 Å². The highest BCUT2D eigenvalue weighted by Crippen LogP contribution is 2.49. The van der Waals surface area contributed by atoms with E-state index in [4.69, 9.17) is 0 Å². The molecule has 0 heterocycles. The molecule has 12 heavy (non-hydrogen) atoms. The normalized spacial score (nSPS) is 40.2. The smallest absolute Gasteiger partial charge is 0.0690 e. The van der Waals surface area contributed by atoms with E-state index in [9.17, 15) is 5.11 Å². The summed E-state index contributed by atoms with van der Waals surface area (Å²) < 4.78 is 0. The van der Waals surface area contributed by atoms with E-state index in [0.29, 0.717) is 5.92 Å². The first-order valence-corrected chi connectivity index (χ1v) is 4.99. The second-order valence-corrected chi connectivity index (χ2v) is 4.72. The Hall–Kier alpha value is -0.300. The number of allylic oxidation sites excluding steroid dienone is 1. The molecule has 0 saturated heterocycles. The molecule has 2 aliphatic rings. The van der Waals surface area contributed by atoms with Crippen LogP contribution in [0.15, 0.2) is 11.1 Å². The molecule has 2 unspecified atom stereocenters. The van der Waals surface area contributed by atoms with Gasteiger partial charge in [0.25, 0.3) is 0 Å². The molecule has 0 aromatic carbocycles. The summed E-state index contributed by atoms with van der Waals surface area (Å²) in [5.41, 5.74) is 2.68. The van der Waals surface area contributed by atoms with Crippen molar-refractivity contribution in [2.75, 3.05) is 0 Å². The average molecular weight is 166 g/mol. The molecule has 2 saturated carbocycles. The molecule has 0 aromatic heterocycles. The van der Waals surface area contributed by atoms with Gasteiger partial charge in [-0.1, -0.05) is 11.1 Å². The minimum atomic E-state index is -0.310. The van der Waals surface area contributed by atoms with Crippen molar-refractivity contribution in [2.45, 2.75) is 51.6 Å². The molecule has 2 rings (SSSR count). The molecule has 0 radical (unpaired) electrons. The molecule has 0 amide bonds. The third-order valence-corrected chi connectivity index (χ3v) is 3.48. The van der Waals surface area contributed by atoms with Crippen LogP contribution in [-0.2, 0) is 0 Å². The number of rotatable bonds is 0. The third kappa shape index (κ3) is 1.20. The van der Waals surface area contributed by atoms with Gasteiger partial charge in [-0.25, -0.2) is 0 Å². The highest BCUT2D eigenvalue weighted by molar-refractivity contribution is 5.23. The number of fused-ring (bicyclic) bond motifs is 2. The summed E-state index contributed by atoms with van der Waals surface area (Å²) >= 11 is 0. The summed E-state index contributed by atoms with van der Waals surface area (Å²) in [5, 5.41) is 10.1. The maximum absolute atomic E-state index is 10.1. The van der Waals surface area contributed by atoms with Gasteiger partial charge < -0.3 is 5.11 Å². The van der Waals surface area contributed by atoms with Crippen LogP contribution in [-0.4, -0.2) is 10.7 Å². The van der Waals surface area contributed by atoms with Crippen molar-refractivity contribution in [1.29, 1.82) is 0 Å². The molecule has 68 valence electrons. The van der Waals surface area contributed by atoms with Crippen molar-refractivity contribution < 1.29 is 5.11 Å². The average Bonchev–Trinajstić information content (AvgIpc) is 2.22. The SMILES string of the molecule is CC(C)=C1CC2(O)CCCC1C2. The van der Waals surface area contributed by atoms with E-state index in [1.165, 1.54) is 18.4 Å². The largest absolute Gasteiger partial charge is 0.390 e. The zero-order valence-corrected chi connectivity index (χ0v) is 8.06. The zero-order chi connectivity index (χ0) is 8.77. The summed E-state index contributed by atoms with van der Waals surface area (Å²) in [6, 6.07) is 0. The number of aliphatic hydroxyl groups is 1. The fraction of sp³-hybridized carbons (Fsp3) is 0.818. The van der Waals surface area contributed by atoms with Crippen molar-refractivity contribution in [3.05, 3.63) is 11.1 Å². The van der Waals surface area contributed by atoms with Crippen molar-refractivity contribution in [3.63, 3.8) is 0 Å². The molecular formula is C11H18O. The van der Waals surface area contributed by atoms with Crippen LogP contribution in [0, 0.1) is 5.92 Å². The van der Waals surface area contributed by atoms with E-state index in [-0.39, 0.29) is 5.60 Å². The lowest BCUT2D eigenvalue weighted by atomic mass is 9.85. The molecular weight excluding hydrogens is 148 g/mol. The molecule has 1 heteroatoms. The predicted molar refractivity (Wildman–Crippen MR) is 49.9 cm³/mol. The molecule has 2 bridgehead atoms. The van der Waals surface area contributed by atoms with Crippen LogP contribution >= 0.6 is 0 Å². The van der Waals surface area contributed by atoms with E-state index < -0.39 is 0 Å². The topological polar surface area (TPSA) is 20.2 Å². The van der Waals surface area contributed by atoms with Gasteiger partial charge in [0.1, 0.15) is 0 Å². The molecule has 0 spiro atoms. The van der Waals surface area contributed by atoms with Crippen molar-refractivity contribution >= 4 is 0 Å². The van der Waals surface area contributed by atoms with Gasteiger partial charge in [0.05, 0.1) is 5.60 Å². The lowest BCUT2D eigenvalue weighted by molar-refractivity contribution is 0.0198. The number of hydrogen-bond acceptors (Lipinski definition) is 1. The Bertz CT molecular complexity index is 225. The lowest BCUT2D eigenvalue weighted by Crippen LogP contribution is -2.27. The van der Waals surface area contributed by atoms with Gasteiger partial charge in [-0.15, -0.1) is 0 Å². The minimum Gasteiger partial charge on any atom is -0.390 e. The van der Waals surface area contributed by atoms with E-state index in [1.807, 2.05) is 0 Å². The predicted octanol–water partition coefficient (Wildman–Crippen LogP) is 2.65. The second-order valence-electron chi connectivity index (χ2n) is 4.72. The van der Waals surface area contributed by atoms with Gasteiger partial charge in [0, 0.05) is 0 Å². The fourth-order valence-electron chi connectivity index (χ4n) is 2.88. The minimum absolute atomic E-state index is 0.310. The van der Waals surface area contributed by atoms with Gasteiger partial charge in [-0.05, 0) is 51.9 Å². The molecule has 0 aliphatic heterocycles. The Labute approximate surface area is 74.5 Å². The van der Waals surface area contributed by atoms with Crippen LogP contribution in [0.2, 0.25) is 0 Å². The third-order valence-electron chi connectivity index (χ3n) is 3.48. The first-order chi connectivity index (χ1) is 5.61. The maximum atomic E-state index is 10.1. The number of hydrogen-bond donors (Lipinski definition) is 1. The van der Waals surface area contributed by atoms with Crippen LogP contribution in [0.25, 0.3) is 0 Å². The van der Waals surface area contributed by atoms with Crippen LogP contribution in [0.4, 0.5) is 0 Å². The van der Waals surface area contributed by atoms with E-state index in [1.54, 1.807) is 5.57 Å².